The molecule has 3 unspecified atom stereocenters. The lowest BCUT2D eigenvalue weighted by atomic mass is 9.48. The van der Waals surface area contributed by atoms with Crippen molar-refractivity contribution in [1.82, 2.24) is 9.97 Å². The van der Waals surface area contributed by atoms with Crippen molar-refractivity contribution < 1.29 is 4.79 Å². The number of nitrogens with one attached hydrogen (secondary N) is 1. The first-order valence-corrected chi connectivity index (χ1v) is 8.67. The van der Waals surface area contributed by atoms with E-state index in [0.717, 1.165) is 25.7 Å². The average molecular weight is 308 g/mol. The highest BCUT2D eigenvalue weighted by Crippen LogP contribution is 2.57. The molecule has 1 aromatic heterocycles. The van der Waals surface area contributed by atoms with Gasteiger partial charge in [0.2, 0.25) is 0 Å². The van der Waals surface area contributed by atoms with Crippen molar-refractivity contribution in [3.8, 4) is 0 Å². The lowest BCUT2D eigenvalue weighted by Gasteiger charge is -2.54. The number of imidazole rings is 1. The van der Waals surface area contributed by atoms with Crippen LogP contribution in [0.5, 0.6) is 0 Å². The van der Waals surface area contributed by atoms with E-state index in [1.54, 1.807) is 12.5 Å². The van der Waals surface area contributed by atoms with E-state index in [9.17, 15) is 4.79 Å². The number of aromatic amines is 1. The Balaban J connectivity index is 1.79. The van der Waals surface area contributed by atoms with Crippen molar-refractivity contribution in [2.24, 2.45) is 11.3 Å². The van der Waals surface area contributed by atoms with Gasteiger partial charge < -0.3 is 4.98 Å². The summed E-state index contributed by atoms with van der Waals surface area (Å²) < 4.78 is 0. The Morgan fingerprint density at radius 1 is 1.26 bits per heavy atom. The van der Waals surface area contributed by atoms with Crippen LogP contribution in [0.15, 0.2) is 36.8 Å². The molecule has 3 nitrogen and oxygen atoms in total. The van der Waals surface area contributed by atoms with Crippen LogP contribution >= 0.6 is 0 Å². The van der Waals surface area contributed by atoms with Crippen LogP contribution < -0.4 is 0 Å². The van der Waals surface area contributed by atoms with Gasteiger partial charge in [0.15, 0.2) is 5.78 Å². The number of rotatable bonds is 2. The third-order valence-electron chi connectivity index (χ3n) is 6.53. The molecule has 0 saturated heterocycles. The van der Waals surface area contributed by atoms with Gasteiger partial charge in [0.1, 0.15) is 5.69 Å². The fourth-order valence-corrected chi connectivity index (χ4v) is 5.39. The number of H-pyrrole nitrogens is 1. The largest absolute Gasteiger partial charge is 0.342 e. The van der Waals surface area contributed by atoms with Crippen molar-refractivity contribution in [2.45, 2.75) is 51.4 Å². The number of aromatic nitrogens is 2. The van der Waals surface area contributed by atoms with Crippen LogP contribution in [0.1, 0.15) is 61.1 Å². The third kappa shape index (κ3) is 2.02. The van der Waals surface area contributed by atoms with Gasteiger partial charge in [0.25, 0.3) is 0 Å². The van der Waals surface area contributed by atoms with Crippen LogP contribution in [0, 0.1) is 11.3 Å². The van der Waals surface area contributed by atoms with Crippen molar-refractivity contribution in [1.29, 1.82) is 0 Å². The summed E-state index contributed by atoms with van der Waals surface area (Å²) >= 11 is 0. The number of benzene rings is 1. The van der Waals surface area contributed by atoms with E-state index >= 15 is 0 Å². The number of hydrogen-bond donors (Lipinski definition) is 1. The maximum absolute atomic E-state index is 13.2. The minimum Gasteiger partial charge on any atom is -0.342 e. The lowest BCUT2D eigenvalue weighted by Crippen LogP contribution is -2.52. The van der Waals surface area contributed by atoms with Crippen molar-refractivity contribution >= 4 is 5.78 Å². The second kappa shape index (κ2) is 5.05. The van der Waals surface area contributed by atoms with Gasteiger partial charge >= 0.3 is 0 Å². The minimum atomic E-state index is -0.299. The molecular formula is C20H24N2O. The van der Waals surface area contributed by atoms with E-state index in [0.29, 0.717) is 11.6 Å². The number of hydrogen-bond acceptors (Lipinski definition) is 2. The first-order chi connectivity index (χ1) is 11.1. The monoisotopic (exact) mass is 308 g/mol. The fraction of sp³-hybridized carbons (Fsp3) is 0.500. The van der Waals surface area contributed by atoms with Crippen LogP contribution in [0.4, 0.5) is 0 Å². The number of nitrogens with zero attached hydrogens (tertiary/aromatic N) is 1. The predicted octanol–water partition coefficient (Wildman–Crippen LogP) is 4.30. The smallest absolute Gasteiger partial charge is 0.186 e. The molecule has 0 amide bonds. The first kappa shape index (κ1) is 14.7. The third-order valence-corrected chi connectivity index (χ3v) is 6.53. The number of aryl methyl sites for hydroxylation is 1. The van der Waals surface area contributed by atoms with Gasteiger partial charge in [0.05, 0.1) is 12.5 Å². The lowest BCUT2D eigenvalue weighted by molar-refractivity contribution is 0.0242. The molecule has 3 atom stereocenters. The molecule has 0 radical (unpaired) electrons. The van der Waals surface area contributed by atoms with E-state index in [4.69, 9.17) is 0 Å². The van der Waals surface area contributed by atoms with Gasteiger partial charge in [-0.05, 0) is 48.1 Å². The van der Waals surface area contributed by atoms with E-state index in [2.05, 4.69) is 48.1 Å². The number of Topliss-reactive ketones (excluding diaryl/α,β-unsaturated/α-hetero) is 1. The van der Waals surface area contributed by atoms with Gasteiger partial charge in [-0.1, -0.05) is 44.5 Å². The van der Waals surface area contributed by atoms with Crippen LogP contribution in [0.3, 0.4) is 0 Å². The molecule has 23 heavy (non-hydrogen) atoms. The standard InChI is InChI=1S/C20H24N2O/c1-19-10-5-11-20(2,18(23)16-12-21-13-22-16)17(19)9-8-14-6-3-4-7-15(14)19/h3-4,6-7,12-13,17H,5,8-11H2,1-2H3,(H,21,22). The molecule has 1 saturated carbocycles. The number of carbonyl (C=O) groups is 1. The highest BCUT2D eigenvalue weighted by atomic mass is 16.1. The van der Waals surface area contributed by atoms with E-state index < -0.39 is 0 Å². The zero-order valence-corrected chi connectivity index (χ0v) is 13.9. The van der Waals surface area contributed by atoms with Gasteiger partial charge in [-0.15, -0.1) is 0 Å². The quantitative estimate of drug-likeness (QED) is 0.841. The summed E-state index contributed by atoms with van der Waals surface area (Å²) in [5, 5.41) is 0. The highest BCUT2D eigenvalue weighted by Gasteiger charge is 2.54. The zero-order chi connectivity index (χ0) is 16.1. The molecule has 2 aliphatic rings. The summed E-state index contributed by atoms with van der Waals surface area (Å²) in [5.41, 5.74) is 3.42. The zero-order valence-electron chi connectivity index (χ0n) is 13.9. The number of fused-ring (bicyclic) bond motifs is 3. The number of carbonyl (C=O) groups excluding carboxylic acids is 1. The molecule has 1 heterocycles. The maximum Gasteiger partial charge on any atom is 0.186 e. The molecule has 4 rings (SSSR count). The normalized spacial score (nSPS) is 32.9. The Bertz CT molecular complexity index is 736. The summed E-state index contributed by atoms with van der Waals surface area (Å²) in [6, 6.07) is 8.84. The van der Waals surface area contributed by atoms with Gasteiger partial charge in [-0.25, -0.2) is 4.98 Å². The second-order valence-corrected chi connectivity index (χ2v) is 7.73. The molecular weight excluding hydrogens is 284 g/mol. The first-order valence-electron chi connectivity index (χ1n) is 8.67. The Morgan fingerprint density at radius 3 is 2.87 bits per heavy atom. The van der Waals surface area contributed by atoms with Crippen molar-refractivity contribution in [3.05, 3.63) is 53.6 Å². The molecule has 1 N–H and O–H groups in total. The maximum atomic E-state index is 13.2. The Morgan fingerprint density at radius 2 is 2.09 bits per heavy atom. The average Bonchev–Trinajstić information content (AvgIpc) is 3.08. The second-order valence-electron chi connectivity index (χ2n) is 7.73. The van der Waals surface area contributed by atoms with Crippen LogP contribution in [-0.2, 0) is 11.8 Å². The van der Waals surface area contributed by atoms with Crippen LogP contribution in [0.2, 0.25) is 0 Å². The number of ketones is 1. The van der Waals surface area contributed by atoms with Crippen molar-refractivity contribution in [2.75, 3.05) is 0 Å². The molecule has 0 spiro atoms. The van der Waals surface area contributed by atoms with Crippen molar-refractivity contribution in [3.63, 3.8) is 0 Å². The predicted molar refractivity (Wildman–Crippen MR) is 90.5 cm³/mol. The van der Waals surface area contributed by atoms with E-state index in [-0.39, 0.29) is 16.6 Å². The summed E-state index contributed by atoms with van der Waals surface area (Å²) in [6.45, 7) is 4.57. The molecule has 0 bridgehead atoms. The van der Waals surface area contributed by atoms with Gasteiger partial charge in [0, 0.05) is 5.41 Å². The van der Waals surface area contributed by atoms with E-state index in [1.165, 1.54) is 17.5 Å². The van der Waals surface area contributed by atoms with Gasteiger partial charge in [-0.3, -0.25) is 4.79 Å². The molecule has 2 aromatic rings. The molecule has 120 valence electrons. The summed E-state index contributed by atoms with van der Waals surface area (Å²) in [7, 11) is 0. The SMILES string of the molecule is CC1(C(=O)c2cnc[nH]2)CCCC2(C)c3ccccc3CCC12. The Hall–Kier alpha value is -1.90. The highest BCUT2D eigenvalue weighted by molar-refractivity contribution is 5.99. The van der Waals surface area contributed by atoms with Crippen LogP contribution in [-0.4, -0.2) is 15.8 Å². The topological polar surface area (TPSA) is 45.8 Å². The summed E-state index contributed by atoms with van der Waals surface area (Å²) in [6.07, 6.45) is 8.74. The summed E-state index contributed by atoms with van der Waals surface area (Å²) in [5.74, 6) is 0.639. The fourth-order valence-electron chi connectivity index (χ4n) is 5.39. The minimum absolute atomic E-state index is 0.109. The molecule has 2 aliphatic carbocycles. The molecule has 3 heteroatoms. The molecule has 1 fully saturated rings. The molecule has 0 aliphatic heterocycles. The van der Waals surface area contributed by atoms with E-state index in [1.807, 2.05) is 0 Å². The summed E-state index contributed by atoms with van der Waals surface area (Å²) in [4.78, 5) is 20.3. The Kier molecular flexibility index (Phi) is 3.22. The van der Waals surface area contributed by atoms with Gasteiger partial charge in [-0.2, -0.15) is 0 Å². The molecule has 1 aromatic carbocycles. The Labute approximate surface area is 137 Å². The van der Waals surface area contributed by atoms with Crippen LogP contribution in [0.25, 0.3) is 0 Å².